The highest BCUT2D eigenvalue weighted by Crippen LogP contribution is 2.31. The fourth-order valence-electron chi connectivity index (χ4n) is 2.61. The largest absolute Gasteiger partial charge is 0.369 e. The van der Waals surface area contributed by atoms with Gasteiger partial charge in [-0.25, -0.2) is 0 Å². The number of fused-ring (bicyclic) bond motifs is 1. The number of nitrogens with one attached hydrogen (secondary N) is 1. The van der Waals surface area contributed by atoms with Crippen molar-refractivity contribution in [1.29, 1.82) is 0 Å². The lowest BCUT2D eigenvalue weighted by atomic mass is 10.1. The molecule has 2 aromatic rings. The van der Waals surface area contributed by atoms with E-state index in [9.17, 15) is 9.59 Å². The summed E-state index contributed by atoms with van der Waals surface area (Å²) in [6, 6.07) is 5.21. The number of nitrogens with two attached hydrogens (primary N) is 1. The number of nitrogens with zero attached hydrogens (tertiary/aromatic N) is 1. The second-order valence-corrected chi connectivity index (χ2v) is 5.96. The number of carbonyl (C=O) groups is 2. The Hall–Kier alpha value is -1.72. The SMILES string of the molecule is NC(=O)C1CCN(C(=O)c2[nH]c3ccc(Cl)cc3c2Cl)C1. The van der Waals surface area contributed by atoms with Crippen molar-refractivity contribution in [3.63, 3.8) is 0 Å². The van der Waals surface area contributed by atoms with Crippen LogP contribution in [0.2, 0.25) is 10.0 Å². The first-order chi connectivity index (χ1) is 9.97. The number of carbonyl (C=O) groups excluding carboxylic acids is 2. The summed E-state index contributed by atoms with van der Waals surface area (Å²) in [4.78, 5) is 28.3. The number of likely N-dealkylation sites (tertiary alicyclic amines) is 1. The lowest BCUT2D eigenvalue weighted by Gasteiger charge is -2.15. The van der Waals surface area contributed by atoms with Crippen LogP contribution in [0.5, 0.6) is 0 Å². The van der Waals surface area contributed by atoms with E-state index in [0.29, 0.717) is 40.6 Å². The zero-order valence-corrected chi connectivity index (χ0v) is 12.5. The molecule has 5 nitrogen and oxygen atoms in total. The molecule has 0 saturated carbocycles. The van der Waals surface area contributed by atoms with E-state index in [4.69, 9.17) is 28.9 Å². The van der Waals surface area contributed by atoms with Gasteiger partial charge in [0.2, 0.25) is 5.91 Å². The molecule has 0 bridgehead atoms. The summed E-state index contributed by atoms with van der Waals surface area (Å²) in [7, 11) is 0. The Bertz CT molecular complexity index is 741. The fourth-order valence-corrected chi connectivity index (χ4v) is 3.07. The van der Waals surface area contributed by atoms with Gasteiger partial charge in [-0.1, -0.05) is 23.2 Å². The van der Waals surface area contributed by atoms with Crippen molar-refractivity contribution in [2.45, 2.75) is 6.42 Å². The molecule has 3 N–H and O–H groups in total. The number of aromatic amines is 1. The molecule has 3 rings (SSSR count). The average molecular weight is 326 g/mol. The molecule has 1 aromatic heterocycles. The van der Waals surface area contributed by atoms with Crippen molar-refractivity contribution in [2.24, 2.45) is 11.7 Å². The van der Waals surface area contributed by atoms with E-state index in [2.05, 4.69) is 4.98 Å². The van der Waals surface area contributed by atoms with Crippen molar-refractivity contribution < 1.29 is 9.59 Å². The molecule has 2 heterocycles. The number of aromatic nitrogens is 1. The first-order valence-corrected chi connectivity index (χ1v) is 7.28. The van der Waals surface area contributed by atoms with E-state index in [1.807, 2.05) is 0 Å². The van der Waals surface area contributed by atoms with Gasteiger partial charge in [-0.05, 0) is 24.6 Å². The highest BCUT2D eigenvalue weighted by Gasteiger charge is 2.32. The maximum atomic E-state index is 12.5. The van der Waals surface area contributed by atoms with Gasteiger partial charge in [0.1, 0.15) is 5.69 Å². The maximum Gasteiger partial charge on any atom is 0.271 e. The summed E-state index contributed by atoms with van der Waals surface area (Å²) < 4.78 is 0. The maximum absolute atomic E-state index is 12.5. The summed E-state index contributed by atoms with van der Waals surface area (Å²) in [5, 5.41) is 1.61. The van der Waals surface area contributed by atoms with Crippen LogP contribution in [0.3, 0.4) is 0 Å². The molecule has 1 fully saturated rings. The van der Waals surface area contributed by atoms with E-state index >= 15 is 0 Å². The molecule has 1 aliphatic rings. The van der Waals surface area contributed by atoms with Gasteiger partial charge in [0.25, 0.3) is 5.91 Å². The van der Waals surface area contributed by atoms with Crippen molar-refractivity contribution >= 4 is 45.9 Å². The standard InChI is InChI=1S/C14H13Cl2N3O2/c15-8-1-2-10-9(5-8)11(16)12(18-10)14(21)19-4-3-7(6-19)13(17)20/h1-2,5,7,18H,3-4,6H2,(H2,17,20). The summed E-state index contributed by atoms with van der Waals surface area (Å²) in [5.41, 5.74) is 6.35. The third-order valence-corrected chi connectivity index (χ3v) is 4.42. The summed E-state index contributed by atoms with van der Waals surface area (Å²) in [5.74, 6) is -0.887. The predicted molar refractivity (Wildman–Crippen MR) is 81.5 cm³/mol. The van der Waals surface area contributed by atoms with Crippen LogP contribution in [0, 0.1) is 5.92 Å². The molecule has 1 aliphatic heterocycles. The summed E-state index contributed by atoms with van der Waals surface area (Å²) in [6.45, 7) is 0.833. The van der Waals surface area contributed by atoms with Gasteiger partial charge in [0.05, 0.1) is 10.9 Å². The quantitative estimate of drug-likeness (QED) is 0.889. The van der Waals surface area contributed by atoms with E-state index in [1.165, 1.54) is 0 Å². The molecule has 7 heteroatoms. The van der Waals surface area contributed by atoms with Crippen LogP contribution in [0.1, 0.15) is 16.9 Å². The number of H-pyrrole nitrogens is 1. The van der Waals surface area contributed by atoms with Gasteiger partial charge < -0.3 is 15.6 Å². The monoisotopic (exact) mass is 325 g/mol. The number of hydrogen-bond acceptors (Lipinski definition) is 2. The summed E-state index contributed by atoms with van der Waals surface area (Å²) in [6.07, 6.45) is 0.588. The first-order valence-electron chi connectivity index (χ1n) is 6.52. The highest BCUT2D eigenvalue weighted by atomic mass is 35.5. The van der Waals surface area contributed by atoms with Gasteiger partial charge in [-0.2, -0.15) is 0 Å². The highest BCUT2D eigenvalue weighted by molar-refractivity contribution is 6.39. The number of amides is 2. The Morgan fingerprint density at radius 2 is 2.10 bits per heavy atom. The number of primary amides is 1. The third kappa shape index (κ3) is 2.47. The Morgan fingerprint density at radius 1 is 1.33 bits per heavy atom. The average Bonchev–Trinajstić information content (AvgIpc) is 3.04. The fraction of sp³-hybridized carbons (Fsp3) is 0.286. The zero-order valence-electron chi connectivity index (χ0n) is 11.0. The topological polar surface area (TPSA) is 79.2 Å². The van der Waals surface area contributed by atoms with Gasteiger partial charge in [-0.15, -0.1) is 0 Å². The van der Waals surface area contributed by atoms with Crippen LogP contribution in [0.25, 0.3) is 10.9 Å². The van der Waals surface area contributed by atoms with Crippen molar-refractivity contribution in [1.82, 2.24) is 9.88 Å². The molecule has 0 aliphatic carbocycles. The second kappa shape index (κ2) is 5.24. The van der Waals surface area contributed by atoms with E-state index in [0.717, 1.165) is 5.52 Å². The molecular formula is C14H13Cl2N3O2. The van der Waals surface area contributed by atoms with Crippen LogP contribution in [-0.2, 0) is 4.79 Å². The normalized spacial score (nSPS) is 18.4. The number of benzene rings is 1. The number of halogens is 2. The van der Waals surface area contributed by atoms with Gasteiger partial charge in [0.15, 0.2) is 0 Å². The molecule has 110 valence electrons. The third-order valence-electron chi connectivity index (χ3n) is 3.79. The molecule has 1 unspecified atom stereocenters. The van der Waals surface area contributed by atoms with E-state index < -0.39 is 0 Å². The van der Waals surface area contributed by atoms with Crippen LogP contribution in [-0.4, -0.2) is 34.8 Å². The second-order valence-electron chi connectivity index (χ2n) is 5.14. The molecule has 2 amide bonds. The predicted octanol–water partition coefficient (Wildman–Crippen LogP) is 2.42. The molecular weight excluding hydrogens is 313 g/mol. The molecule has 1 saturated heterocycles. The molecule has 0 spiro atoms. The van der Waals surface area contributed by atoms with E-state index in [-0.39, 0.29) is 17.7 Å². The van der Waals surface area contributed by atoms with E-state index in [1.54, 1.807) is 23.1 Å². The Kier molecular flexibility index (Phi) is 3.55. The Morgan fingerprint density at radius 3 is 2.76 bits per heavy atom. The molecule has 1 atom stereocenters. The Labute approximate surface area is 131 Å². The lowest BCUT2D eigenvalue weighted by molar-refractivity contribution is -0.121. The van der Waals surface area contributed by atoms with Crippen LogP contribution < -0.4 is 5.73 Å². The van der Waals surface area contributed by atoms with Crippen LogP contribution >= 0.6 is 23.2 Å². The Balaban J connectivity index is 1.92. The number of rotatable bonds is 2. The van der Waals surface area contributed by atoms with Gasteiger partial charge >= 0.3 is 0 Å². The molecule has 1 aromatic carbocycles. The van der Waals surface area contributed by atoms with Gasteiger partial charge in [0, 0.05) is 29.0 Å². The minimum Gasteiger partial charge on any atom is -0.369 e. The summed E-state index contributed by atoms with van der Waals surface area (Å²) >= 11 is 12.2. The van der Waals surface area contributed by atoms with Crippen molar-refractivity contribution in [3.05, 3.63) is 33.9 Å². The molecule has 21 heavy (non-hydrogen) atoms. The zero-order chi connectivity index (χ0) is 15.1. The van der Waals surface area contributed by atoms with Gasteiger partial charge in [-0.3, -0.25) is 9.59 Å². The number of hydrogen-bond donors (Lipinski definition) is 2. The lowest BCUT2D eigenvalue weighted by Crippen LogP contribution is -2.32. The minimum atomic E-state index is -0.375. The minimum absolute atomic E-state index is 0.226. The van der Waals surface area contributed by atoms with Crippen molar-refractivity contribution in [2.75, 3.05) is 13.1 Å². The van der Waals surface area contributed by atoms with Crippen LogP contribution in [0.15, 0.2) is 18.2 Å². The first kappa shape index (κ1) is 14.2. The molecule has 0 radical (unpaired) electrons. The smallest absolute Gasteiger partial charge is 0.271 e. The van der Waals surface area contributed by atoms with Crippen LogP contribution in [0.4, 0.5) is 0 Å². The van der Waals surface area contributed by atoms with Crippen molar-refractivity contribution in [3.8, 4) is 0 Å².